The van der Waals surface area contributed by atoms with Crippen LogP contribution in [0.4, 0.5) is 0 Å². The molecule has 1 aliphatic carbocycles. The molecule has 1 atom stereocenters. The summed E-state index contributed by atoms with van der Waals surface area (Å²) in [4.78, 5) is 30.9. The van der Waals surface area contributed by atoms with Crippen LogP contribution in [0.1, 0.15) is 43.0 Å². The molecule has 1 saturated carbocycles. The summed E-state index contributed by atoms with van der Waals surface area (Å²) < 4.78 is 16.9. The molecule has 32 heavy (non-hydrogen) atoms. The molecule has 176 valence electrons. The van der Waals surface area contributed by atoms with Crippen LogP contribution >= 0.6 is 0 Å². The molecule has 3 fully saturated rings. The van der Waals surface area contributed by atoms with Gasteiger partial charge in [-0.25, -0.2) is 0 Å². The minimum absolute atomic E-state index is 0.148. The SMILES string of the molecule is COc1cccc(C(=O)N2[C@@H](C(=O)NCCN3CCOCC3)COC23CCC(C)CC3)c1. The van der Waals surface area contributed by atoms with Gasteiger partial charge in [-0.15, -0.1) is 0 Å². The van der Waals surface area contributed by atoms with Crippen molar-refractivity contribution in [1.82, 2.24) is 15.1 Å². The average Bonchev–Trinajstić information content (AvgIpc) is 3.20. The first-order valence-corrected chi connectivity index (χ1v) is 11.7. The fourth-order valence-corrected chi connectivity index (χ4v) is 4.96. The number of nitrogens with zero attached hydrogens (tertiary/aromatic N) is 2. The highest BCUT2D eigenvalue weighted by molar-refractivity contribution is 5.98. The summed E-state index contributed by atoms with van der Waals surface area (Å²) in [5.41, 5.74) is -0.197. The third-order valence-corrected chi connectivity index (χ3v) is 6.99. The Kier molecular flexibility index (Phi) is 7.33. The van der Waals surface area contributed by atoms with Crippen molar-refractivity contribution in [3.05, 3.63) is 29.8 Å². The van der Waals surface area contributed by atoms with Gasteiger partial charge >= 0.3 is 0 Å². The van der Waals surface area contributed by atoms with Crippen molar-refractivity contribution in [1.29, 1.82) is 0 Å². The molecule has 8 nitrogen and oxygen atoms in total. The summed E-state index contributed by atoms with van der Waals surface area (Å²) >= 11 is 0. The van der Waals surface area contributed by atoms with E-state index in [1.807, 2.05) is 6.07 Å². The van der Waals surface area contributed by atoms with Crippen LogP contribution in [0.5, 0.6) is 5.75 Å². The van der Waals surface area contributed by atoms with Gasteiger partial charge in [0.25, 0.3) is 5.91 Å². The van der Waals surface area contributed by atoms with Crippen molar-refractivity contribution in [3.63, 3.8) is 0 Å². The average molecular weight is 446 g/mol. The number of hydrogen-bond acceptors (Lipinski definition) is 6. The predicted molar refractivity (Wildman–Crippen MR) is 120 cm³/mol. The van der Waals surface area contributed by atoms with Crippen molar-refractivity contribution in [2.75, 3.05) is 53.1 Å². The molecule has 2 saturated heterocycles. The number of hydrogen-bond donors (Lipinski definition) is 1. The normalized spacial score (nSPS) is 28.6. The Morgan fingerprint density at radius 1 is 1.22 bits per heavy atom. The molecule has 0 radical (unpaired) electrons. The van der Waals surface area contributed by atoms with Crippen LogP contribution in [0, 0.1) is 5.92 Å². The van der Waals surface area contributed by atoms with E-state index < -0.39 is 11.8 Å². The zero-order valence-electron chi connectivity index (χ0n) is 19.2. The zero-order chi connectivity index (χ0) is 22.6. The summed E-state index contributed by atoms with van der Waals surface area (Å²) in [5.74, 6) is 0.891. The lowest BCUT2D eigenvalue weighted by Gasteiger charge is -2.43. The summed E-state index contributed by atoms with van der Waals surface area (Å²) in [6.45, 7) is 6.99. The highest BCUT2D eigenvalue weighted by Crippen LogP contribution is 2.43. The third-order valence-electron chi connectivity index (χ3n) is 6.99. The number of morpholine rings is 1. The Hall–Kier alpha value is -2.16. The minimum Gasteiger partial charge on any atom is -0.497 e. The Labute approximate surface area is 190 Å². The number of rotatable bonds is 6. The molecule has 4 rings (SSSR count). The smallest absolute Gasteiger partial charge is 0.257 e. The number of carbonyl (C=O) groups excluding carboxylic acids is 2. The van der Waals surface area contributed by atoms with E-state index in [-0.39, 0.29) is 18.4 Å². The second kappa shape index (κ2) is 10.2. The van der Waals surface area contributed by atoms with E-state index in [1.54, 1.807) is 30.2 Å². The lowest BCUT2D eigenvalue weighted by molar-refractivity contribution is -0.127. The van der Waals surface area contributed by atoms with Crippen LogP contribution in [-0.4, -0.2) is 86.5 Å². The second-order valence-electron chi connectivity index (χ2n) is 9.11. The van der Waals surface area contributed by atoms with Gasteiger partial charge < -0.3 is 19.5 Å². The van der Waals surface area contributed by atoms with Gasteiger partial charge in [0.05, 0.1) is 26.9 Å². The molecule has 1 aromatic carbocycles. The predicted octanol–water partition coefficient (Wildman–Crippen LogP) is 1.89. The third kappa shape index (κ3) is 4.92. The van der Waals surface area contributed by atoms with Crippen LogP contribution in [-0.2, 0) is 14.3 Å². The summed E-state index contributed by atoms with van der Waals surface area (Å²) in [6.07, 6.45) is 3.46. The Morgan fingerprint density at radius 3 is 2.69 bits per heavy atom. The fourth-order valence-electron chi connectivity index (χ4n) is 4.96. The van der Waals surface area contributed by atoms with Crippen molar-refractivity contribution < 1.29 is 23.8 Å². The molecule has 1 aromatic rings. The second-order valence-corrected chi connectivity index (χ2v) is 9.11. The minimum atomic E-state index is -0.709. The molecular formula is C24H35N3O5. The summed E-state index contributed by atoms with van der Waals surface area (Å²) in [5, 5.41) is 3.04. The van der Waals surface area contributed by atoms with Gasteiger partial charge in [0.2, 0.25) is 5.91 Å². The molecule has 1 N–H and O–H groups in total. The largest absolute Gasteiger partial charge is 0.497 e. The highest BCUT2D eigenvalue weighted by atomic mass is 16.5. The van der Waals surface area contributed by atoms with E-state index in [0.717, 1.165) is 58.5 Å². The van der Waals surface area contributed by atoms with Crippen molar-refractivity contribution >= 4 is 11.8 Å². The lowest BCUT2D eigenvalue weighted by atomic mass is 9.83. The maximum absolute atomic E-state index is 13.7. The molecule has 0 unspecified atom stereocenters. The van der Waals surface area contributed by atoms with Gasteiger partial charge in [0.15, 0.2) is 0 Å². The molecule has 8 heteroatoms. The molecule has 3 aliphatic rings. The van der Waals surface area contributed by atoms with Crippen LogP contribution in [0.2, 0.25) is 0 Å². The zero-order valence-corrected chi connectivity index (χ0v) is 19.2. The number of nitrogens with one attached hydrogen (secondary N) is 1. The highest BCUT2D eigenvalue weighted by Gasteiger charge is 2.53. The van der Waals surface area contributed by atoms with Gasteiger partial charge in [-0.3, -0.25) is 19.4 Å². The van der Waals surface area contributed by atoms with E-state index in [0.29, 0.717) is 23.8 Å². The monoisotopic (exact) mass is 445 g/mol. The Morgan fingerprint density at radius 2 is 1.97 bits per heavy atom. The molecule has 2 aliphatic heterocycles. The number of methoxy groups -OCH3 is 1. The van der Waals surface area contributed by atoms with E-state index in [2.05, 4.69) is 17.1 Å². The van der Waals surface area contributed by atoms with Crippen LogP contribution in [0.25, 0.3) is 0 Å². The first-order valence-electron chi connectivity index (χ1n) is 11.7. The van der Waals surface area contributed by atoms with Gasteiger partial charge in [0, 0.05) is 31.7 Å². The molecule has 0 bridgehead atoms. The lowest BCUT2D eigenvalue weighted by Crippen LogP contribution is -2.57. The van der Waals surface area contributed by atoms with Crippen molar-refractivity contribution in [3.8, 4) is 5.75 Å². The molecule has 0 aromatic heterocycles. The number of ether oxygens (including phenoxy) is 3. The standard InChI is InChI=1S/C24H35N3O5/c1-18-6-8-24(9-7-18)27(23(29)19-4-3-5-20(16-19)30-2)21(17-32-24)22(28)25-10-11-26-12-14-31-15-13-26/h3-5,16,18,21H,6-15,17H2,1-2H3,(H,25,28)/t18?,21-,24?/m1/s1. The molecule has 2 amide bonds. The number of amides is 2. The number of benzene rings is 1. The van der Waals surface area contributed by atoms with Crippen molar-refractivity contribution in [2.24, 2.45) is 5.92 Å². The van der Waals surface area contributed by atoms with Gasteiger partial charge in [0.1, 0.15) is 17.5 Å². The topological polar surface area (TPSA) is 80.3 Å². The van der Waals surface area contributed by atoms with E-state index in [9.17, 15) is 9.59 Å². The molecular weight excluding hydrogens is 410 g/mol. The van der Waals surface area contributed by atoms with Crippen LogP contribution in [0.15, 0.2) is 24.3 Å². The van der Waals surface area contributed by atoms with Crippen molar-refractivity contribution in [2.45, 2.75) is 44.4 Å². The quantitative estimate of drug-likeness (QED) is 0.720. The maximum Gasteiger partial charge on any atom is 0.257 e. The van der Waals surface area contributed by atoms with Gasteiger partial charge in [-0.05, 0) is 49.8 Å². The first kappa shape index (κ1) is 23.0. The molecule has 2 heterocycles. The van der Waals surface area contributed by atoms with Gasteiger partial charge in [-0.1, -0.05) is 13.0 Å². The van der Waals surface area contributed by atoms with E-state index in [4.69, 9.17) is 14.2 Å². The van der Waals surface area contributed by atoms with Crippen LogP contribution in [0.3, 0.4) is 0 Å². The Bertz CT molecular complexity index is 803. The van der Waals surface area contributed by atoms with E-state index in [1.165, 1.54) is 0 Å². The fraction of sp³-hybridized carbons (Fsp3) is 0.667. The molecule has 1 spiro atoms. The van der Waals surface area contributed by atoms with Crippen LogP contribution < -0.4 is 10.1 Å². The maximum atomic E-state index is 13.7. The van der Waals surface area contributed by atoms with Gasteiger partial charge in [-0.2, -0.15) is 0 Å². The first-order chi connectivity index (χ1) is 15.5. The summed E-state index contributed by atoms with van der Waals surface area (Å²) in [6, 6.07) is 6.48. The van der Waals surface area contributed by atoms with E-state index >= 15 is 0 Å². The number of carbonyl (C=O) groups is 2. The summed E-state index contributed by atoms with van der Waals surface area (Å²) in [7, 11) is 1.58. The Balaban J connectivity index is 1.49.